The van der Waals surface area contributed by atoms with E-state index in [2.05, 4.69) is 17.0 Å². The second kappa shape index (κ2) is 7.93. The van der Waals surface area contributed by atoms with Crippen molar-refractivity contribution in [1.82, 2.24) is 9.80 Å². The molecule has 4 heteroatoms. The predicted octanol–water partition coefficient (Wildman–Crippen LogP) is 2.66. The Kier molecular flexibility index (Phi) is 6.19. The van der Waals surface area contributed by atoms with Gasteiger partial charge in [-0.25, -0.2) is 0 Å². The van der Waals surface area contributed by atoms with Gasteiger partial charge in [0.1, 0.15) is 0 Å². The van der Waals surface area contributed by atoms with Gasteiger partial charge in [0.2, 0.25) is 5.91 Å². The lowest BCUT2D eigenvalue weighted by atomic mass is 10.0. The van der Waals surface area contributed by atoms with Gasteiger partial charge >= 0.3 is 0 Å². The molecule has 0 saturated heterocycles. The van der Waals surface area contributed by atoms with Gasteiger partial charge in [0, 0.05) is 26.2 Å². The van der Waals surface area contributed by atoms with Crippen LogP contribution in [0.5, 0.6) is 0 Å². The highest BCUT2D eigenvalue weighted by molar-refractivity contribution is 5.78. The third-order valence-electron chi connectivity index (χ3n) is 4.83. The average molecular weight is 318 g/mol. The normalized spacial score (nSPS) is 17.0. The van der Waals surface area contributed by atoms with Crippen molar-refractivity contribution in [1.29, 1.82) is 0 Å². The van der Waals surface area contributed by atoms with Crippen LogP contribution in [0.4, 0.5) is 0 Å². The molecule has 2 rings (SSSR count). The van der Waals surface area contributed by atoms with Crippen molar-refractivity contribution >= 4 is 5.91 Å². The Morgan fingerprint density at radius 3 is 2.39 bits per heavy atom. The van der Waals surface area contributed by atoms with E-state index in [-0.39, 0.29) is 11.9 Å². The van der Waals surface area contributed by atoms with Crippen LogP contribution in [0.2, 0.25) is 0 Å². The van der Waals surface area contributed by atoms with Gasteiger partial charge in [-0.05, 0) is 32.3 Å². The first-order valence-electron chi connectivity index (χ1n) is 8.64. The van der Waals surface area contributed by atoms with Crippen molar-refractivity contribution in [3.8, 4) is 0 Å². The first kappa shape index (κ1) is 18.0. The summed E-state index contributed by atoms with van der Waals surface area (Å²) in [4.78, 5) is 16.3. The van der Waals surface area contributed by atoms with E-state index < -0.39 is 5.60 Å². The molecule has 0 atom stereocenters. The molecule has 0 radical (unpaired) electrons. The Balaban J connectivity index is 2.05. The van der Waals surface area contributed by atoms with Gasteiger partial charge in [-0.2, -0.15) is 0 Å². The monoisotopic (exact) mass is 318 g/mol. The van der Waals surface area contributed by atoms with Crippen molar-refractivity contribution in [3.63, 3.8) is 0 Å². The first-order chi connectivity index (χ1) is 10.9. The number of likely N-dealkylation sites (N-methyl/N-ethyl adjacent to an activating group) is 1. The third-order valence-corrected chi connectivity index (χ3v) is 4.83. The number of benzene rings is 1. The molecule has 4 nitrogen and oxygen atoms in total. The number of hydrogen-bond acceptors (Lipinski definition) is 3. The quantitative estimate of drug-likeness (QED) is 0.840. The molecule has 0 heterocycles. The van der Waals surface area contributed by atoms with Crippen molar-refractivity contribution < 1.29 is 9.90 Å². The van der Waals surface area contributed by atoms with Crippen LogP contribution in [0, 0.1) is 0 Å². The molecule has 1 aromatic rings. The fourth-order valence-electron chi connectivity index (χ4n) is 3.21. The molecule has 23 heavy (non-hydrogen) atoms. The summed E-state index contributed by atoms with van der Waals surface area (Å²) in [6.45, 7) is 5.65. The predicted molar refractivity (Wildman–Crippen MR) is 93.0 cm³/mol. The van der Waals surface area contributed by atoms with Gasteiger partial charge in [-0.15, -0.1) is 0 Å². The Bertz CT molecular complexity index is 495. The smallest absolute Gasteiger partial charge is 0.236 e. The van der Waals surface area contributed by atoms with Crippen molar-refractivity contribution in [3.05, 3.63) is 35.9 Å². The maximum absolute atomic E-state index is 12.5. The Morgan fingerprint density at radius 2 is 1.83 bits per heavy atom. The van der Waals surface area contributed by atoms with Gasteiger partial charge in [0.15, 0.2) is 0 Å². The lowest BCUT2D eigenvalue weighted by molar-refractivity contribution is -0.133. The first-order valence-corrected chi connectivity index (χ1v) is 8.64. The molecule has 1 saturated carbocycles. The summed E-state index contributed by atoms with van der Waals surface area (Å²) in [5.74, 6) is 0.109. The minimum Gasteiger partial charge on any atom is -0.389 e. The van der Waals surface area contributed by atoms with Crippen molar-refractivity contribution in [2.75, 3.05) is 20.1 Å². The molecule has 1 amide bonds. The van der Waals surface area contributed by atoms with Crippen LogP contribution in [0.1, 0.15) is 45.1 Å². The highest BCUT2D eigenvalue weighted by Crippen LogP contribution is 2.30. The summed E-state index contributed by atoms with van der Waals surface area (Å²) in [5.41, 5.74) is 0.542. The van der Waals surface area contributed by atoms with E-state index in [0.29, 0.717) is 19.6 Å². The lowest BCUT2D eigenvalue weighted by Crippen LogP contribution is -2.46. The number of carbonyl (C=O) groups excluding carboxylic acids is 1. The molecule has 1 aliphatic carbocycles. The fraction of sp³-hybridized carbons (Fsp3) is 0.632. The van der Waals surface area contributed by atoms with Gasteiger partial charge < -0.3 is 10.0 Å². The summed E-state index contributed by atoms with van der Waals surface area (Å²) in [6, 6.07) is 10.4. The highest BCUT2D eigenvalue weighted by atomic mass is 16.3. The molecular formula is C19H30N2O2. The Hall–Kier alpha value is -1.39. The fourth-order valence-corrected chi connectivity index (χ4v) is 3.21. The number of nitrogens with zero attached hydrogens (tertiary/aromatic N) is 2. The zero-order valence-corrected chi connectivity index (χ0v) is 14.7. The van der Waals surface area contributed by atoms with Gasteiger partial charge in [0.05, 0.1) is 12.1 Å². The Morgan fingerprint density at radius 1 is 1.22 bits per heavy atom. The maximum Gasteiger partial charge on any atom is 0.236 e. The standard InChI is InChI=1S/C19H30N2O2/c1-16(2)20(3)18(22)14-21(13-17-9-5-4-6-10-17)15-19(23)11-7-8-12-19/h4-6,9-10,16,23H,7-8,11-15H2,1-3H3. The summed E-state index contributed by atoms with van der Waals surface area (Å²) in [5, 5.41) is 10.7. The molecule has 0 spiro atoms. The van der Waals surface area contributed by atoms with E-state index in [1.165, 1.54) is 5.56 Å². The summed E-state index contributed by atoms with van der Waals surface area (Å²) < 4.78 is 0. The minimum atomic E-state index is -0.633. The Labute approximate surface area is 140 Å². The van der Waals surface area contributed by atoms with Crippen LogP contribution in [0.15, 0.2) is 30.3 Å². The van der Waals surface area contributed by atoms with E-state index >= 15 is 0 Å². The van der Waals surface area contributed by atoms with Gasteiger partial charge in [-0.1, -0.05) is 43.2 Å². The SMILES string of the molecule is CC(C)N(C)C(=O)CN(Cc1ccccc1)CC1(O)CCCC1. The summed E-state index contributed by atoms with van der Waals surface area (Å²) in [6.07, 6.45) is 3.84. The molecular weight excluding hydrogens is 288 g/mol. The molecule has 0 aromatic heterocycles. The largest absolute Gasteiger partial charge is 0.389 e. The van der Waals surface area contributed by atoms with Crippen molar-refractivity contribution in [2.45, 2.75) is 57.7 Å². The third kappa shape index (κ3) is 5.33. The second-order valence-corrected chi connectivity index (χ2v) is 7.16. The van der Waals surface area contributed by atoms with Crippen LogP contribution in [-0.4, -0.2) is 52.6 Å². The zero-order valence-electron chi connectivity index (χ0n) is 14.7. The number of carbonyl (C=O) groups is 1. The van der Waals surface area contributed by atoms with Gasteiger partial charge in [-0.3, -0.25) is 9.69 Å². The van der Waals surface area contributed by atoms with Crippen LogP contribution in [0.25, 0.3) is 0 Å². The second-order valence-electron chi connectivity index (χ2n) is 7.16. The maximum atomic E-state index is 12.5. The molecule has 1 aromatic carbocycles. The number of hydrogen-bond donors (Lipinski definition) is 1. The van der Waals surface area contributed by atoms with Crippen LogP contribution >= 0.6 is 0 Å². The topological polar surface area (TPSA) is 43.8 Å². The van der Waals surface area contributed by atoms with E-state index in [4.69, 9.17) is 0 Å². The van der Waals surface area contributed by atoms with Gasteiger partial charge in [0.25, 0.3) is 0 Å². The summed E-state index contributed by atoms with van der Waals surface area (Å²) in [7, 11) is 1.85. The molecule has 1 N–H and O–H groups in total. The summed E-state index contributed by atoms with van der Waals surface area (Å²) >= 11 is 0. The highest BCUT2D eigenvalue weighted by Gasteiger charge is 2.33. The van der Waals surface area contributed by atoms with E-state index in [0.717, 1.165) is 25.7 Å². The molecule has 0 aliphatic heterocycles. The van der Waals surface area contributed by atoms with Crippen LogP contribution in [0.3, 0.4) is 0 Å². The van der Waals surface area contributed by atoms with Crippen LogP contribution < -0.4 is 0 Å². The number of amides is 1. The molecule has 1 aliphatic rings. The molecule has 0 unspecified atom stereocenters. The average Bonchev–Trinajstić information content (AvgIpc) is 2.93. The van der Waals surface area contributed by atoms with E-state index in [1.807, 2.05) is 39.1 Å². The minimum absolute atomic E-state index is 0.109. The number of rotatable bonds is 7. The van der Waals surface area contributed by atoms with E-state index in [1.54, 1.807) is 4.90 Å². The molecule has 128 valence electrons. The lowest BCUT2D eigenvalue weighted by Gasteiger charge is -2.32. The van der Waals surface area contributed by atoms with Crippen molar-refractivity contribution in [2.24, 2.45) is 0 Å². The number of aliphatic hydroxyl groups is 1. The molecule has 1 fully saturated rings. The molecule has 0 bridgehead atoms. The van der Waals surface area contributed by atoms with E-state index in [9.17, 15) is 9.90 Å². The van der Waals surface area contributed by atoms with Crippen LogP contribution in [-0.2, 0) is 11.3 Å². The zero-order chi connectivity index (χ0) is 16.9.